The van der Waals surface area contributed by atoms with Crippen LogP contribution in [0.15, 0.2) is 48.5 Å². The van der Waals surface area contributed by atoms with Crippen molar-refractivity contribution in [1.82, 2.24) is 15.1 Å². The summed E-state index contributed by atoms with van der Waals surface area (Å²) in [6, 6.07) is 15.3. The molecule has 0 radical (unpaired) electrons. The molecule has 0 aromatic heterocycles. The van der Waals surface area contributed by atoms with E-state index < -0.39 is 6.17 Å². The van der Waals surface area contributed by atoms with Crippen LogP contribution in [0.25, 0.3) is 0 Å². The molecule has 6 rings (SSSR count). The Hall–Kier alpha value is -3.19. The number of carbonyl (C=O) groups excluding carboxylic acids is 3. The van der Waals surface area contributed by atoms with E-state index in [9.17, 15) is 14.4 Å². The molecular weight excluding hydrogens is 440 g/mol. The van der Waals surface area contributed by atoms with E-state index in [4.69, 9.17) is 0 Å². The Kier molecular flexibility index (Phi) is 5.80. The second-order valence-electron chi connectivity index (χ2n) is 10.2. The predicted molar refractivity (Wildman–Crippen MR) is 133 cm³/mol. The van der Waals surface area contributed by atoms with Gasteiger partial charge in [0.2, 0.25) is 5.91 Å². The third kappa shape index (κ3) is 3.82. The molecule has 0 unspecified atom stereocenters. The average Bonchev–Trinajstić information content (AvgIpc) is 3.20. The van der Waals surface area contributed by atoms with Crippen molar-refractivity contribution < 1.29 is 14.4 Å². The number of hydrogen-bond donors (Lipinski definition) is 1. The lowest BCUT2D eigenvalue weighted by Gasteiger charge is -2.44. The number of nitrogens with one attached hydrogen (secondary N) is 1. The summed E-state index contributed by atoms with van der Waals surface area (Å²) in [5.41, 5.74) is 2.58. The maximum Gasteiger partial charge on any atom is 0.260 e. The molecule has 7 heteroatoms. The second-order valence-corrected chi connectivity index (χ2v) is 10.2. The molecule has 4 aliphatic heterocycles. The Morgan fingerprint density at radius 2 is 1.66 bits per heavy atom. The van der Waals surface area contributed by atoms with Gasteiger partial charge in [-0.2, -0.15) is 0 Å². The Balaban J connectivity index is 1.17. The van der Waals surface area contributed by atoms with Gasteiger partial charge < -0.3 is 15.1 Å². The van der Waals surface area contributed by atoms with Gasteiger partial charge in [-0.3, -0.25) is 19.3 Å². The highest BCUT2D eigenvalue weighted by Gasteiger charge is 2.47. The first-order valence-electron chi connectivity index (χ1n) is 13.0. The van der Waals surface area contributed by atoms with Crippen LogP contribution < -0.4 is 10.2 Å². The zero-order valence-corrected chi connectivity index (χ0v) is 20.0. The van der Waals surface area contributed by atoms with Crippen molar-refractivity contribution >= 4 is 23.4 Å². The monoisotopic (exact) mass is 472 g/mol. The number of fused-ring (bicyclic) bond motifs is 6. The Morgan fingerprint density at radius 1 is 0.886 bits per heavy atom. The van der Waals surface area contributed by atoms with Crippen molar-refractivity contribution in [3.63, 3.8) is 0 Å². The van der Waals surface area contributed by atoms with Crippen LogP contribution >= 0.6 is 0 Å². The van der Waals surface area contributed by atoms with E-state index in [-0.39, 0.29) is 30.7 Å². The molecule has 4 aliphatic rings. The van der Waals surface area contributed by atoms with Crippen LogP contribution in [0.1, 0.15) is 71.0 Å². The van der Waals surface area contributed by atoms with E-state index in [1.165, 1.54) is 45.2 Å². The molecule has 35 heavy (non-hydrogen) atoms. The lowest BCUT2D eigenvalue weighted by atomic mass is 9.83. The van der Waals surface area contributed by atoms with Gasteiger partial charge in [-0.15, -0.1) is 0 Å². The molecule has 4 heterocycles. The number of para-hydroxylation sites is 1. The van der Waals surface area contributed by atoms with Gasteiger partial charge in [0.25, 0.3) is 11.8 Å². The number of benzene rings is 2. The van der Waals surface area contributed by atoms with Gasteiger partial charge >= 0.3 is 0 Å². The highest BCUT2D eigenvalue weighted by atomic mass is 16.2. The third-order valence-electron chi connectivity index (χ3n) is 8.25. The number of hydrogen-bond acceptors (Lipinski definition) is 4. The lowest BCUT2D eigenvalue weighted by Crippen LogP contribution is -2.51. The van der Waals surface area contributed by atoms with Crippen molar-refractivity contribution in [2.24, 2.45) is 5.92 Å². The summed E-state index contributed by atoms with van der Waals surface area (Å²) >= 11 is 0. The quantitative estimate of drug-likeness (QED) is 0.722. The van der Waals surface area contributed by atoms with E-state index in [1.807, 2.05) is 42.5 Å². The number of nitrogens with zero attached hydrogens (tertiary/aromatic N) is 3. The normalized spacial score (nSPS) is 25.5. The molecule has 0 saturated carbocycles. The SMILES string of the molecule is O=C(CCN1C(=O)c2ccccc2N2C(=O)c3ccccc3[C@@H]12)NC[C@@H]1CCCN2CCCC[C@H]12. The third-order valence-corrected chi connectivity index (χ3v) is 8.25. The minimum Gasteiger partial charge on any atom is -0.356 e. The Labute approximate surface area is 206 Å². The number of piperidine rings is 2. The zero-order chi connectivity index (χ0) is 23.9. The molecule has 2 aromatic rings. The van der Waals surface area contributed by atoms with Gasteiger partial charge in [0, 0.05) is 36.7 Å². The zero-order valence-electron chi connectivity index (χ0n) is 20.0. The molecule has 0 aliphatic carbocycles. The topological polar surface area (TPSA) is 73.0 Å². The number of amides is 3. The minimum absolute atomic E-state index is 0.0336. The molecular formula is C28H32N4O3. The lowest BCUT2D eigenvalue weighted by molar-refractivity contribution is -0.121. The molecule has 3 atom stereocenters. The van der Waals surface area contributed by atoms with E-state index in [1.54, 1.807) is 15.9 Å². The van der Waals surface area contributed by atoms with E-state index >= 15 is 0 Å². The van der Waals surface area contributed by atoms with Gasteiger partial charge in [-0.25, -0.2) is 0 Å². The van der Waals surface area contributed by atoms with Crippen molar-refractivity contribution in [1.29, 1.82) is 0 Å². The Bertz CT molecular complexity index is 1160. The van der Waals surface area contributed by atoms with Crippen molar-refractivity contribution in [2.45, 2.75) is 50.7 Å². The largest absolute Gasteiger partial charge is 0.356 e. The summed E-state index contributed by atoms with van der Waals surface area (Å²) in [4.78, 5) is 45.7. The maximum atomic E-state index is 13.5. The summed E-state index contributed by atoms with van der Waals surface area (Å²) < 4.78 is 0. The van der Waals surface area contributed by atoms with Crippen LogP contribution in [0.4, 0.5) is 5.69 Å². The van der Waals surface area contributed by atoms with Crippen molar-refractivity contribution in [2.75, 3.05) is 31.1 Å². The fourth-order valence-electron chi connectivity index (χ4n) is 6.57. The second kappa shape index (κ2) is 9.11. The maximum absolute atomic E-state index is 13.5. The minimum atomic E-state index is -0.511. The molecule has 2 saturated heterocycles. The van der Waals surface area contributed by atoms with Crippen LogP contribution in [-0.4, -0.2) is 59.7 Å². The van der Waals surface area contributed by atoms with Crippen molar-refractivity contribution in [3.8, 4) is 0 Å². The van der Waals surface area contributed by atoms with Gasteiger partial charge in [-0.1, -0.05) is 36.8 Å². The highest BCUT2D eigenvalue weighted by molar-refractivity contribution is 6.16. The fraction of sp³-hybridized carbons (Fsp3) is 0.464. The van der Waals surface area contributed by atoms with E-state index in [0.717, 1.165) is 5.56 Å². The van der Waals surface area contributed by atoms with Crippen LogP contribution in [0.2, 0.25) is 0 Å². The molecule has 7 nitrogen and oxygen atoms in total. The van der Waals surface area contributed by atoms with E-state index in [0.29, 0.717) is 35.3 Å². The molecule has 2 fully saturated rings. The smallest absolute Gasteiger partial charge is 0.260 e. The van der Waals surface area contributed by atoms with Gasteiger partial charge in [0.05, 0.1) is 11.3 Å². The average molecular weight is 473 g/mol. The summed E-state index contributed by atoms with van der Waals surface area (Å²) in [5.74, 6) is 0.235. The van der Waals surface area contributed by atoms with Crippen LogP contribution in [-0.2, 0) is 4.79 Å². The van der Waals surface area contributed by atoms with Crippen LogP contribution in [0.5, 0.6) is 0 Å². The standard InChI is InChI=1S/C28H32N4O3/c33-25(29-18-19-8-7-16-30-15-6-5-12-23(19)30)14-17-31-26-20-9-1-2-10-21(20)28(35)32(26)24-13-4-3-11-22(24)27(31)34/h1-4,9-11,13,19,23,26H,5-8,12,14-18H2,(H,29,33)/t19-,23+,26-/m0/s1. The van der Waals surface area contributed by atoms with Gasteiger partial charge in [0.15, 0.2) is 0 Å². The summed E-state index contributed by atoms with van der Waals surface area (Å²) in [6.45, 7) is 3.34. The van der Waals surface area contributed by atoms with Crippen molar-refractivity contribution in [3.05, 3.63) is 65.2 Å². The van der Waals surface area contributed by atoms with Crippen LogP contribution in [0.3, 0.4) is 0 Å². The Morgan fingerprint density at radius 3 is 2.54 bits per heavy atom. The fourth-order valence-corrected chi connectivity index (χ4v) is 6.57. The first-order chi connectivity index (χ1) is 17.1. The molecule has 1 N–H and O–H groups in total. The summed E-state index contributed by atoms with van der Waals surface area (Å²) in [7, 11) is 0. The van der Waals surface area contributed by atoms with Crippen LogP contribution in [0, 0.1) is 5.92 Å². The summed E-state index contributed by atoms with van der Waals surface area (Å²) in [5, 5.41) is 3.16. The summed E-state index contributed by atoms with van der Waals surface area (Å²) in [6.07, 6.45) is 5.86. The van der Waals surface area contributed by atoms with Gasteiger partial charge in [0.1, 0.15) is 6.17 Å². The number of anilines is 1. The molecule has 0 spiro atoms. The predicted octanol–water partition coefficient (Wildman–Crippen LogP) is 3.57. The molecule has 3 amide bonds. The molecule has 0 bridgehead atoms. The highest BCUT2D eigenvalue weighted by Crippen LogP contribution is 2.45. The first kappa shape index (κ1) is 22.3. The number of carbonyl (C=O) groups is 3. The molecule has 2 aromatic carbocycles. The number of rotatable bonds is 5. The van der Waals surface area contributed by atoms with E-state index in [2.05, 4.69) is 10.2 Å². The van der Waals surface area contributed by atoms with Gasteiger partial charge in [-0.05, 0) is 62.9 Å². The first-order valence-corrected chi connectivity index (χ1v) is 13.0. The molecule has 182 valence electrons.